The second-order valence-electron chi connectivity index (χ2n) is 8.83. The fourth-order valence-corrected chi connectivity index (χ4v) is 4.51. The number of aromatic nitrogens is 4. The standard InChI is InChI=1S/C24H25F2N7O3/c1-15(34)27-13-19-14-32(24(35)36-19)18-11-20(25)22(21(26)12-18)31-9-7-17(8-10-31)33-29-23(28-30-33)16-5-3-2-4-6-16/h2-6,11-12,17,19H,7-10,13-14H2,1H3,(H,27,34). The molecule has 3 heterocycles. The normalized spacial score (nSPS) is 18.4. The molecule has 188 valence electrons. The lowest BCUT2D eigenvalue weighted by molar-refractivity contribution is -0.119. The molecule has 2 saturated heterocycles. The van der Waals surface area contributed by atoms with E-state index in [1.165, 1.54) is 6.92 Å². The average Bonchev–Trinajstić information content (AvgIpc) is 3.50. The lowest BCUT2D eigenvalue weighted by Crippen LogP contribution is -2.36. The van der Waals surface area contributed by atoms with E-state index in [1.54, 1.807) is 9.70 Å². The molecule has 0 radical (unpaired) electrons. The molecule has 36 heavy (non-hydrogen) atoms. The van der Waals surface area contributed by atoms with Crippen molar-refractivity contribution in [3.63, 3.8) is 0 Å². The van der Waals surface area contributed by atoms with Crippen LogP contribution in [0.3, 0.4) is 0 Å². The minimum atomic E-state index is -0.758. The summed E-state index contributed by atoms with van der Waals surface area (Å²) >= 11 is 0. The highest BCUT2D eigenvalue weighted by Crippen LogP contribution is 2.34. The van der Waals surface area contributed by atoms with Gasteiger partial charge in [0.2, 0.25) is 11.7 Å². The number of cyclic esters (lactones) is 1. The molecule has 2 fully saturated rings. The van der Waals surface area contributed by atoms with Crippen LogP contribution in [0.2, 0.25) is 0 Å². The number of ether oxygens (including phenoxy) is 1. The van der Waals surface area contributed by atoms with E-state index in [-0.39, 0.29) is 36.4 Å². The van der Waals surface area contributed by atoms with Gasteiger partial charge < -0.3 is 15.0 Å². The van der Waals surface area contributed by atoms with Crippen molar-refractivity contribution in [3.05, 3.63) is 54.1 Å². The fourth-order valence-electron chi connectivity index (χ4n) is 4.51. The number of benzene rings is 2. The van der Waals surface area contributed by atoms with Gasteiger partial charge in [-0.2, -0.15) is 4.80 Å². The largest absolute Gasteiger partial charge is 0.442 e. The van der Waals surface area contributed by atoms with Crippen LogP contribution in [0.15, 0.2) is 42.5 Å². The SMILES string of the molecule is CC(=O)NCC1CN(c2cc(F)c(N3CCC(n4nnc(-c5ccccc5)n4)CC3)c(F)c2)C(=O)O1. The summed E-state index contributed by atoms with van der Waals surface area (Å²) in [6.07, 6.45) is -0.129. The molecule has 1 aromatic heterocycles. The van der Waals surface area contributed by atoms with Crippen LogP contribution in [0.4, 0.5) is 25.0 Å². The number of piperidine rings is 1. The molecular weight excluding hydrogens is 472 g/mol. The number of tetrazole rings is 1. The van der Waals surface area contributed by atoms with Crippen LogP contribution in [0.1, 0.15) is 25.8 Å². The topological polar surface area (TPSA) is 105 Å². The van der Waals surface area contributed by atoms with Gasteiger partial charge in [-0.15, -0.1) is 10.2 Å². The molecule has 2 aliphatic heterocycles. The average molecular weight is 498 g/mol. The summed E-state index contributed by atoms with van der Waals surface area (Å²) in [5.41, 5.74) is 0.809. The Morgan fingerprint density at radius 3 is 2.50 bits per heavy atom. The van der Waals surface area contributed by atoms with Gasteiger partial charge in [0.1, 0.15) is 11.8 Å². The van der Waals surface area contributed by atoms with Crippen LogP contribution in [0, 0.1) is 11.6 Å². The zero-order valence-electron chi connectivity index (χ0n) is 19.6. The summed E-state index contributed by atoms with van der Waals surface area (Å²) < 4.78 is 35.3. The molecule has 0 bridgehead atoms. The number of anilines is 2. The number of nitrogens with one attached hydrogen (secondary N) is 1. The molecule has 1 N–H and O–H groups in total. The van der Waals surface area contributed by atoms with Gasteiger partial charge in [0.15, 0.2) is 11.6 Å². The Morgan fingerprint density at radius 2 is 1.83 bits per heavy atom. The van der Waals surface area contributed by atoms with Gasteiger partial charge in [0.05, 0.1) is 24.8 Å². The first-order valence-electron chi connectivity index (χ1n) is 11.7. The van der Waals surface area contributed by atoms with E-state index in [2.05, 4.69) is 20.7 Å². The smallest absolute Gasteiger partial charge is 0.414 e. The minimum Gasteiger partial charge on any atom is -0.442 e. The molecule has 2 aliphatic rings. The van der Waals surface area contributed by atoms with Gasteiger partial charge in [-0.25, -0.2) is 13.6 Å². The molecule has 0 saturated carbocycles. The lowest BCUT2D eigenvalue weighted by Gasteiger charge is -2.33. The van der Waals surface area contributed by atoms with Crippen LogP contribution >= 0.6 is 0 Å². The number of rotatable bonds is 6. The van der Waals surface area contributed by atoms with Crippen molar-refractivity contribution < 1.29 is 23.1 Å². The van der Waals surface area contributed by atoms with Gasteiger partial charge in [-0.3, -0.25) is 9.69 Å². The summed E-state index contributed by atoms with van der Waals surface area (Å²) in [6, 6.07) is 11.8. The highest BCUT2D eigenvalue weighted by atomic mass is 19.1. The number of carbonyl (C=O) groups excluding carboxylic acids is 2. The van der Waals surface area contributed by atoms with E-state index < -0.39 is 23.8 Å². The quantitative estimate of drug-likeness (QED) is 0.558. The third-order valence-corrected chi connectivity index (χ3v) is 6.33. The van der Waals surface area contributed by atoms with E-state index in [4.69, 9.17) is 4.74 Å². The van der Waals surface area contributed by atoms with Crippen molar-refractivity contribution in [2.24, 2.45) is 0 Å². The van der Waals surface area contributed by atoms with E-state index >= 15 is 8.78 Å². The Morgan fingerprint density at radius 1 is 1.14 bits per heavy atom. The maximum Gasteiger partial charge on any atom is 0.414 e. The molecule has 1 unspecified atom stereocenters. The number of nitrogens with zero attached hydrogens (tertiary/aromatic N) is 6. The van der Waals surface area contributed by atoms with Crippen molar-refractivity contribution in [2.75, 3.05) is 36.0 Å². The van der Waals surface area contributed by atoms with Crippen molar-refractivity contribution in [2.45, 2.75) is 31.9 Å². The lowest BCUT2D eigenvalue weighted by atomic mass is 10.0. The Kier molecular flexibility index (Phi) is 6.49. The van der Waals surface area contributed by atoms with Crippen molar-refractivity contribution in [1.29, 1.82) is 0 Å². The summed E-state index contributed by atoms with van der Waals surface area (Å²) in [5.74, 6) is -1.24. The van der Waals surface area contributed by atoms with Gasteiger partial charge in [0.25, 0.3) is 0 Å². The van der Waals surface area contributed by atoms with Crippen LogP contribution in [-0.4, -0.2) is 64.5 Å². The predicted molar refractivity (Wildman–Crippen MR) is 126 cm³/mol. The molecule has 1 atom stereocenters. The first-order chi connectivity index (χ1) is 17.4. The molecule has 12 heteroatoms. The van der Waals surface area contributed by atoms with Gasteiger partial charge in [-0.1, -0.05) is 30.3 Å². The number of halogens is 2. The highest BCUT2D eigenvalue weighted by molar-refractivity contribution is 5.90. The van der Waals surface area contributed by atoms with Crippen LogP contribution in [0.5, 0.6) is 0 Å². The molecule has 2 aromatic carbocycles. The molecular formula is C24H25F2N7O3. The maximum atomic E-state index is 15.1. The number of carbonyl (C=O) groups is 2. The minimum absolute atomic E-state index is 0.0310. The van der Waals surface area contributed by atoms with Gasteiger partial charge in [-0.05, 0) is 18.1 Å². The summed E-state index contributed by atoms with van der Waals surface area (Å²) in [5, 5.41) is 15.4. The number of hydrogen-bond donors (Lipinski definition) is 1. The second kappa shape index (κ2) is 9.88. The van der Waals surface area contributed by atoms with Crippen molar-refractivity contribution >= 4 is 23.4 Å². The third-order valence-electron chi connectivity index (χ3n) is 6.33. The zero-order valence-corrected chi connectivity index (χ0v) is 19.6. The molecule has 3 aromatic rings. The summed E-state index contributed by atoms with van der Waals surface area (Å²) in [4.78, 5) is 27.7. The first-order valence-corrected chi connectivity index (χ1v) is 11.7. The Hall–Kier alpha value is -4.09. The third kappa shape index (κ3) is 4.83. The summed E-state index contributed by atoms with van der Waals surface area (Å²) in [7, 11) is 0. The van der Waals surface area contributed by atoms with E-state index in [9.17, 15) is 9.59 Å². The van der Waals surface area contributed by atoms with Crippen LogP contribution in [-0.2, 0) is 9.53 Å². The Labute approximate surface area is 205 Å². The first kappa shape index (κ1) is 23.6. The molecule has 0 spiro atoms. The number of amides is 2. The van der Waals surface area contributed by atoms with Crippen molar-refractivity contribution in [1.82, 2.24) is 25.5 Å². The van der Waals surface area contributed by atoms with E-state index in [1.807, 2.05) is 30.3 Å². The Balaban J connectivity index is 1.24. The molecule has 2 amide bonds. The predicted octanol–water partition coefficient (Wildman–Crippen LogP) is 2.92. The van der Waals surface area contributed by atoms with E-state index in [0.29, 0.717) is 31.8 Å². The van der Waals surface area contributed by atoms with Crippen molar-refractivity contribution in [3.8, 4) is 11.4 Å². The van der Waals surface area contributed by atoms with Gasteiger partial charge in [0, 0.05) is 37.7 Å². The summed E-state index contributed by atoms with van der Waals surface area (Å²) in [6.45, 7) is 2.38. The van der Waals surface area contributed by atoms with E-state index in [0.717, 1.165) is 22.6 Å². The maximum absolute atomic E-state index is 15.1. The molecule has 0 aliphatic carbocycles. The number of hydrogen-bond acceptors (Lipinski definition) is 7. The molecule has 5 rings (SSSR count). The second-order valence-corrected chi connectivity index (χ2v) is 8.83. The van der Waals surface area contributed by atoms with Crippen LogP contribution < -0.4 is 15.1 Å². The fraction of sp³-hybridized carbons (Fsp3) is 0.375. The monoisotopic (exact) mass is 497 g/mol. The molecule has 10 nitrogen and oxygen atoms in total. The van der Waals surface area contributed by atoms with Crippen LogP contribution in [0.25, 0.3) is 11.4 Å². The highest BCUT2D eigenvalue weighted by Gasteiger charge is 2.34. The van der Waals surface area contributed by atoms with Gasteiger partial charge >= 0.3 is 6.09 Å². The zero-order chi connectivity index (χ0) is 25.2. The Bertz CT molecular complexity index is 1240.